The van der Waals surface area contributed by atoms with E-state index in [4.69, 9.17) is 10.5 Å². The average Bonchev–Trinajstić information content (AvgIpc) is 2.94. The van der Waals surface area contributed by atoms with E-state index in [2.05, 4.69) is 10.1 Å². The first-order valence-corrected chi connectivity index (χ1v) is 6.13. The fourth-order valence-corrected chi connectivity index (χ4v) is 1.87. The molecule has 0 spiro atoms. The van der Waals surface area contributed by atoms with Crippen molar-refractivity contribution in [3.63, 3.8) is 0 Å². The van der Waals surface area contributed by atoms with E-state index < -0.39 is 5.97 Å². The number of aromatic nitrogens is 4. The van der Waals surface area contributed by atoms with E-state index in [0.29, 0.717) is 5.82 Å². The quantitative estimate of drug-likeness (QED) is 0.836. The molecule has 2 aromatic rings. The Bertz CT molecular complexity index is 599. The molecule has 0 aliphatic rings. The summed E-state index contributed by atoms with van der Waals surface area (Å²) in [7, 11) is 0. The van der Waals surface area contributed by atoms with Crippen LogP contribution in [0.25, 0.3) is 5.69 Å². The molecule has 0 unspecified atom stereocenters. The van der Waals surface area contributed by atoms with E-state index in [1.807, 2.05) is 13.1 Å². The van der Waals surface area contributed by atoms with E-state index in [0.717, 1.165) is 12.2 Å². The molecule has 7 heteroatoms. The highest BCUT2D eigenvalue weighted by molar-refractivity contribution is 5.92. The topological polar surface area (TPSA) is 88.0 Å². The summed E-state index contributed by atoms with van der Waals surface area (Å²) in [6.45, 7) is 6.56. The number of rotatable bonds is 4. The number of nitrogens with two attached hydrogens (primary N) is 1. The summed E-state index contributed by atoms with van der Waals surface area (Å²) in [5, 5.41) is 4.18. The molecule has 0 fully saturated rings. The minimum absolute atomic E-state index is 0.142. The molecule has 2 rings (SSSR count). The van der Waals surface area contributed by atoms with Crippen LogP contribution < -0.4 is 5.73 Å². The van der Waals surface area contributed by atoms with Gasteiger partial charge in [-0.15, -0.1) is 0 Å². The molecular formula is C12H17N5O2. The first-order chi connectivity index (χ1) is 9.08. The molecule has 0 aliphatic carbocycles. The number of esters is 1. The molecular weight excluding hydrogens is 246 g/mol. The van der Waals surface area contributed by atoms with E-state index in [-0.39, 0.29) is 18.1 Å². The van der Waals surface area contributed by atoms with Gasteiger partial charge in [0.05, 0.1) is 18.5 Å². The molecule has 19 heavy (non-hydrogen) atoms. The Balaban J connectivity index is 2.44. The van der Waals surface area contributed by atoms with Crippen molar-refractivity contribution < 1.29 is 9.53 Å². The molecule has 0 radical (unpaired) electrons. The van der Waals surface area contributed by atoms with Crippen molar-refractivity contribution in [1.82, 2.24) is 19.3 Å². The molecule has 0 aromatic carbocycles. The highest BCUT2D eigenvalue weighted by Crippen LogP contribution is 2.20. The summed E-state index contributed by atoms with van der Waals surface area (Å²) in [6, 6.07) is 0. The maximum Gasteiger partial charge on any atom is 0.360 e. The zero-order chi connectivity index (χ0) is 14.0. The summed E-state index contributed by atoms with van der Waals surface area (Å²) in [6.07, 6.45) is 3.53. The molecule has 0 aliphatic heterocycles. The number of aryl methyl sites for hydroxylation is 2. The fraction of sp³-hybridized carbons (Fsp3) is 0.417. The van der Waals surface area contributed by atoms with E-state index >= 15 is 0 Å². The van der Waals surface area contributed by atoms with Crippen molar-refractivity contribution >= 4 is 11.8 Å². The van der Waals surface area contributed by atoms with Crippen LogP contribution >= 0.6 is 0 Å². The Morgan fingerprint density at radius 3 is 2.79 bits per heavy atom. The maximum absolute atomic E-state index is 11.7. The lowest BCUT2D eigenvalue weighted by Crippen LogP contribution is -2.09. The van der Waals surface area contributed by atoms with Crippen LogP contribution in [0.2, 0.25) is 0 Å². The number of anilines is 1. The SMILES string of the molecule is CCOC(=O)c1nc(C)n(-c2cnn(CC)c2)c1N. The highest BCUT2D eigenvalue weighted by Gasteiger charge is 2.21. The van der Waals surface area contributed by atoms with Crippen molar-refractivity contribution in [3.05, 3.63) is 23.9 Å². The van der Waals surface area contributed by atoms with Crippen LogP contribution in [0.5, 0.6) is 0 Å². The minimum atomic E-state index is -0.510. The maximum atomic E-state index is 11.7. The summed E-state index contributed by atoms with van der Waals surface area (Å²) in [5.41, 5.74) is 6.90. The monoisotopic (exact) mass is 263 g/mol. The van der Waals surface area contributed by atoms with Crippen LogP contribution in [0.15, 0.2) is 12.4 Å². The third-order valence-corrected chi connectivity index (χ3v) is 2.75. The van der Waals surface area contributed by atoms with Gasteiger partial charge in [-0.3, -0.25) is 9.25 Å². The third-order valence-electron chi connectivity index (χ3n) is 2.75. The molecule has 0 saturated heterocycles. The van der Waals surface area contributed by atoms with Crippen LogP contribution in [-0.2, 0) is 11.3 Å². The Kier molecular flexibility index (Phi) is 3.55. The van der Waals surface area contributed by atoms with Crippen molar-refractivity contribution in [2.75, 3.05) is 12.3 Å². The smallest absolute Gasteiger partial charge is 0.360 e. The van der Waals surface area contributed by atoms with E-state index in [1.54, 1.807) is 29.3 Å². The summed E-state index contributed by atoms with van der Waals surface area (Å²) < 4.78 is 8.39. The first-order valence-electron chi connectivity index (χ1n) is 6.13. The second kappa shape index (κ2) is 5.13. The number of hydrogen-bond acceptors (Lipinski definition) is 5. The van der Waals surface area contributed by atoms with E-state index in [1.165, 1.54) is 0 Å². The molecule has 7 nitrogen and oxygen atoms in total. The summed E-state index contributed by atoms with van der Waals surface area (Å²) in [4.78, 5) is 15.9. The van der Waals surface area contributed by atoms with Crippen molar-refractivity contribution in [2.24, 2.45) is 0 Å². The van der Waals surface area contributed by atoms with Crippen molar-refractivity contribution in [2.45, 2.75) is 27.3 Å². The van der Waals surface area contributed by atoms with Gasteiger partial charge in [-0.1, -0.05) is 0 Å². The molecule has 2 aromatic heterocycles. The second-order valence-electron chi connectivity index (χ2n) is 4.00. The van der Waals surface area contributed by atoms with Gasteiger partial charge in [-0.25, -0.2) is 9.78 Å². The molecule has 0 saturated carbocycles. The van der Waals surface area contributed by atoms with Gasteiger partial charge in [0, 0.05) is 12.7 Å². The molecule has 0 bridgehead atoms. The van der Waals surface area contributed by atoms with Gasteiger partial charge in [-0.05, 0) is 20.8 Å². The second-order valence-corrected chi connectivity index (χ2v) is 4.00. The predicted molar refractivity (Wildman–Crippen MR) is 70.1 cm³/mol. The number of imidazole rings is 1. The van der Waals surface area contributed by atoms with Gasteiger partial charge >= 0.3 is 5.97 Å². The minimum Gasteiger partial charge on any atom is -0.461 e. The molecule has 102 valence electrons. The molecule has 2 heterocycles. The summed E-state index contributed by atoms with van der Waals surface area (Å²) >= 11 is 0. The highest BCUT2D eigenvalue weighted by atomic mass is 16.5. The normalized spacial score (nSPS) is 10.7. The Hall–Kier alpha value is -2.31. The van der Waals surface area contributed by atoms with E-state index in [9.17, 15) is 4.79 Å². The Morgan fingerprint density at radius 1 is 1.47 bits per heavy atom. The van der Waals surface area contributed by atoms with Crippen molar-refractivity contribution in [1.29, 1.82) is 0 Å². The molecule has 2 N–H and O–H groups in total. The first kappa shape index (κ1) is 13.1. The number of hydrogen-bond donors (Lipinski definition) is 1. The zero-order valence-electron chi connectivity index (χ0n) is 11.3. The van der Waals surface area contributed by atoms with Gasteiger partial charge in [0.15, 0.2) is 5.69 Å². The van der Waals surface area contributed by atoms with Crippen molar-refractivity contribution in [3.8, 4) is 5.69 Å². The summed E-state index contributed by atoms with van der Waals surface area (Å²) in [5.74, 6) is 0.382. The van der Waals surface area contributed by atoms with Crippen LogP contribution in [0.3, 0.4) is 0 Å². The van der Waals surface area contributed by atoms with Gasteiger partial charge < -0.3 is 10.5 Å². The van der Waals surface area contributed by atoms with Crippen LogP contribution in [0, 0.1) is 6.92 Å². The predicted octanol–water partition coefficient (Wildman–Crippen LogP) is 1.16. The van der Waals surface area contributed by atoms with Gasteiger partial charge in [-0.2, -0.15) is 5.10 Å². The largest absolute Gasteiger partial charge is 0.461 e. The van der Waals surface area contributed by atoms with Gasteiger partial charge in [0.2, 0.25) is 0 Å². The lowest BCUT2D eigenvalue weighted by atomic mass is 10.4. The molecule has 0 amide bonds. The Morgan fingerprint density at radius 2 is 2.21 bits per heavy atom. The number of nitrogen functional groups attached to an aromatic ring is 1. The number of nitrogens with zero attached hydrogens (tertiary/aromatic N) is 4. The molecule has 0 atom stereocenters. The van der Waals surface area contributed by atoms with Gasteiger partial charge in [0.1, 0.15) is 11.6 Å². The number of carbonyl (C=O) groups is 1. The van der Waals surface area contributed by atoms with Gasteiger partial charge in [0.25, 0.3) is 0 Å². The Labute approximate surface area is 111 Å². The standard InChI is InChI=1S/C12H17N5O2/c1-4-16-7-9(6-14-16)17-8(3)15-10(11(17)13)12(18)19-5-2/h6-7H,4-5,13H2,1-3H3. The third kappa shape index (κ3) is 2.31. The van der Waals surface area contributed by atoms with Crippen LogP contribution in [0.1, 0.15) is 30.2 Å². The number of ether oxygens (including phenoxy) is 1. The number of carbonyl (C=O) groups excluding carboxylic acids is 1. The van der Waals surface area contributed by atoms with Crippen LogP contribution in [0.4, 0.5) is 5.82 Å². The lowest BCUT2D eigenvalue weighted by Gasteiger charge is -2.04. The average molecular weight is 263 g/mol. The fourth-order valence-electron chi connectivity index (χ4n) is 1.87. The zero-order valence-corrected chi connectivity index (χ0v) is 11.3. The van der Waals surface area contributed by atoms with Crippen LogP contribution in [-0.4, -0.2) is 31.9 Å². The lowest BCUT2D eigenvalue weighted by molar-refractivity contribution is 0.0521.